The Morgan fingerprint density at radius 3 is 2.53 bits per heavy atom. The summed E-state index contributed by atoms with van der Waals surface area (Å²) in [5, 5.41) is 9.93. The highest BCUT2D eigenvalue weighted by molar-refractivity contribution is 5.77. The number of amides is 2. The zero-order valence-electron chi connectivity index (χ0n) is 17.5. The van der Waals surface area contributed by atoms with Gasteiger partial charge in [-0.3, -0.25) is 9.59 Å². The number of carbonyl (C=O) groups is 2. The summed E-state index contributed by atoms with van der Waals surface area (Å²) < 4.78 is 5.07. The number of hydrogen-bond donors (Lipinski definition) is 1. The largest absolute Gasteiger partial charge is 0.504 e. The quantitative estimate of drug-likeness (QED) is 0.826. The van der Waals surface area contributed by atoms with Crippen molar-refractivity contribution in [3.05, 3.63) is 59.7 Å². The Kier molecular flexibility index (Phi) is 5.66. The van der Waals surface area contributed by atoms with Gasteiger partial charge in [0, 0.05) is 44.8 Å². The van der Waals surface area contributed by atoms with Crippen LogP contribution in [0.4, 0.5) is 0 Å². The minimum Gasteiger partial charge on any atom is -0.504 e. The van der Waals surface area contributed by atoms with Gasteiger partial charge in [0.25, 0.3) is 0 Å². The van der Waals surface area contributed by atoms with Gasteiger partial charge in [-0.25, -0.2) is 0 Å². The van der Waals surface area contributed by atoms with Crippen molar-refractivity contribution in [2.24, 2.45) is 11.8 Å². The van der Waals surface area contributed by atoms with Gasteiger partial charge in [0.1, 0.15) is 0 Å². The third-order valence-electron chi connectivity index (χ3n) is 6.43. The summed E-state index contributed by atoms with van der Waals surface area (Å²) in [5.74, 6) is 1.32. The first kappa shape index (κ1) is 20.3. The smallest absolute Gasteiger partial charge is 0.222 e. The molecular weight excluding hydrogens is 380 g/mol. The highest BCUT2D eigenvalue weighted by atomic mass is 16.5. The fourth-order valence-corrected chi connectivity index (χ4v) is 4.95. The molecular formula is C24H28N2O4. The number of ether oxygens (including phenoxy) is 1. The fraction of sp³-hybridized carbons (Fsp3) is 0.417. The number of rotatable bonds is 5. The molecule has 30 heavy (non-hydrogen) atoms. The van der Waals surface area contributed by atoms with Crippen molar-refractivity contribution >= 4 is 11.8 Å². The first-order valence-electron chi connectivity index (χ1n) is 10.4. The summed E-state index contributed by atoms with van der Waals surface area (Å²) in [6.07, 6.45) is 0.974. The Morgan fingerprint density at radius 1 is 1.10 bits per heavy atom. The minimum absolute atomic E-state index is 0.0324. The Morgan fingerprint density at radius 2 is 1.87 bits per heavy atom. The van der Waals surface area contributed by atoms with E-state index >= 15 is 0 Å². The molecule has 2 aliphatic rings. The molecule has 0 aliphatic carbocycles. The molecule has 2 heterocycles. The van der Waals surface area contributed by atoms with Crippen LogP contribution in [0.2, 0.25) is 0 Å². The van der Waals surface area contributed by atoms with Crippen LogP contribution in [0, 0.1) is 11.8 Å². The summed E-state index contributed by atoms with van der Waals surface area (Å²) in [5.41, 5.74) is 2.05. The number of benzene rings is 2. The lowest BCUT2D eigenvalue weighted by Crippen LogP contribution is -2.36. The number of aromatic hydroxyl groups is 1. The summed E-state index contributed by atoms with van der Waals surface area (Å²) in [6, 6.07) is 15.4. The van der Waals surface area contributed by atoms with Gasteiger partial charge in [-0.1, -0.05) is 36.4 Å². The fourth-order valence-electron chi connectivity index (χ4n) is 4.95. The number of methoxy groups -OCH3 is 1. The topological polar surface area (TPSA) is 70.1 Å². The van der Waals surface area contributed by atoms with E-state index in [9.17, 15) is 14.7 Å². The summed E-state index contributed by atoms with van der Waals surface area (Å²) in [4.78, 5) is 29.0. The Hall–Kier alpha value is -3.02. The molecule has 0 aromatic heterocycles. The second-order valence-corrected chi connectivity index (χ2v) is 8.26. The van der Waals surface area contributed by atoms with E-state index in [1.165, 1.54) is 7.11 Å². The van der Waals surface area contributed by atoms with E-state index in [2.05, 4.69) is 12.1 Å². The van der Waals surface area contributed by atoms with Crippen molar-refractivity contribution in [1.29, 1.82) is 0 Å². The molecule has 0 spiro atoms. The second kappa shape index (κ2) is 8.38. The van der Waals surface area contributed by atoms with Gasteiger partial charge in [-0.2, -0.15) is 0 Å². The monoisotopic (exact) mass is 408 g/mol. The highest BCUT2D eigenvalue weighted by Gasteiger charge is 2.49. The first-order valence-corrected chi connectivity index (χ1v) is 10.4. The predicted molar refractivity (Wildman–Crippen MR) is 113 cm³/mol. The minimum atomic E-state index is 0.0324. The summed E-state index contributed by atoms with van der Waals surface area (Å²) >= 11 is 0. The normalized spacial score (nSPS) is 22.8. The molecule has 3 atom stereocenters. The van der Waals surface area contributed by atoms with E-state index in [1.807, 2.05) is 34.1 Å². The number of phenolic OH excluding ortho intramolecular Hbond substituents is 1. The number of hydrogen-bond acceptors (Lipinski definition) is 4. The third kappa shape index (κ3) is 3.86. The number of phenols is 1. The van der Waals surface area contributed by atoms with Gasteiger partial charge in [0.15, 0.2) is 11.5 Å². The molecule has 2 amide bonds. The van der Waals surface area contributed by atoms with Gasteiger partial charge in [0.05, 0.1) is 13.2 Å². The average molecular weight is 408 g/mol. The second-order valence-electron chi connectivity index (χ2n) is 8.26. The molecule has 2 aromatic carbocycles. The molecule has 6 nitrogen and oxygen atoms in total. The molecule has 0 radical (unpaired) electrons. The van der Waals surface area contributed by atoms with Crippen LogP contribution in [-0.2, 0) is 16.0 Å². The molecule has 1 N–H and O–H groups in total. The van der Waals surface area contributed by atoms with Gasteiger partial charge >= 0.3 is 0 Å². The van der Waals surface area contributed by atoms with Crippen LogP contribution in [0.25, 0.3) is 0 Å². The van der Waals surface area contributed by atoms with E-state index in [0.717, 1.165) is 11.1 Å². The zero-order chi connectivity index (χ0) is 21.3. The molecule has 2 saturated heterocycles. The van der Waals surface area contributed by atoms with Crippen LogP contribution < -0.4 is 4.74 Å². The molecule has 2 aliphatic heterocycles. The van der Waals surface area contributed by atoms with Crippen LogP contribution >= 0.6 is 0 Å². The van der Waals surface area contributed by atoms with Crippen LogP contribution in [0.5, 0.6) is 11.5 Å². The van der Waals surface area contributed by atoms with Crippen molar-refractivity contribution in [3.63, 3.8) is 0 Å². The number of nitrogens with zero attached hydrogens (tertiary/aromatic N) is 2. The maximum Gasteiger partial charge on any atom is 0.222 e. The lowest BCUT2D eigenvalue weighted by molar-refractivity contribution is -0.131. The molecule has 6 heteroatoms. The van der Waals surface area contributed by atoms with Crippen molar-refractivity contribution in [1.82, 2.24) is 9.80 Å². The molecule has 2 aromatic rings. The third-order valence-corrected chi connectivity index (χ3v) is 6.43. The summed E-state index contributed by atoms with van der Waals surface area (Å²) in [6.45, 7) is 3.71. The lowest BCUT2D eigenvalue weighted by Gasteiger charge is -2.29. The van der Waals surface area contributed by atoms with E-state index in [4.69, 9.17) is 4.74 Å². The molecule has 4 rings (SSSR count). The van der Waals surface area contributed by atoms with E-state index in [1.54, 1.807) is 19.1 Å². The SMILES string of the molecule is COc1ccc(CCC(=O)N2C[C@@H]3CN(C(C)=O)[C@@H](c4ccccc4)[C@@H]3C2)cc1O. The number of fused-ring (bicyclic) bond motifs is 1. The van der Waals surface area contributed by atoms with Crippen LogP contribution in [0.15, 0.2) is 48.5 Å². The summed E-state index contributed by atoms with van der Waals surface area (Å²) in [7, 11) is 1.51. The van der Waals surface area contributed by atoms with E-state index < -0.39 is 0 Å². The van der Waals surface area contributed by atoms with Crippen LogP contribution in [0.1, 0.15) is 30.5 Å². The maximum absolute atomic E-state index is 12.9. The standard InChI is InChI=1S/C24H28N2O4/c1-16(27)26-14-19-13-25(15-20(19)24(26)18-6-4-3-5-7-18)23(29)11-9-17-8-10-22(30-2)21(28)12-17/h3-8,10,12,19-20,24,28H,9,11,13-15H2,1-2H3/t19-,20-,24+/m1/s1. The molecule has 158 valence electrons. The maximum atomic E-state index is 12.9. The average Bonchev–Trinajstić information content (AvgIpc) is 3.31. The van der Waals surface area contributed by atoms with Gasteiger partial charge in [0.2, 0.25) is 11.8 Å². The number of aryl methyl sites for hydroxylation is 1. The van der Waals surface area contributed by atoms with Crippen molar-refractivity contribution in [2.45, 2.75) is 25.8 Å². The van der Waals surface area contributed by atoms with Crippen molar-refractivity contribution in [2.75, 3.05) is 26.7 Å². The van der Waals surface area contributed by atoms with Crippen LogP contribution in [-0.4, -0.2) is 53.5 Å². The van der Waals surface area contributed by atoms with Gasteiger partial charge in [-0.15, -0.1) is 0 Å². The van der Waals surface area contributed by atoms with Gasteiger partial charge < -0.3 is 19.6 Å². The van der Waals surface area contributed by atoms with E-state index in [0.29, 0.717) is 44.1 Å². The number of likely N-dealkylation sites (tertiary alicyclic amines) is 2. The Bertz CT molecular complexity index is 930. The molecule has 0 unspecified atom stereocenters. The van der Waals surface area contributed by atoms with Crippen LogP contribution in [0.3, 0.4) is 0 Å². The lowest BCUT2D eigenvalue weighted by atomic mass is 9.89. The van der Waals surface area contributed by atoms with Crippen molar-refractivity contribution < 1.29 is 19.4 Å². The Labute approximate surface area is 177 Å². The molecule has 2 fully saturated rings. The van der Waals surface area contributed by atoms with E-state index in [-0.39, 0.29) is 29.5 Å². The van der Waals surface area contributed by atoms with Gasteiger partial charge in [-0.05, 0) is 29.7 Å². The predicted octanol–water partition coefficient (Wildman–Crippen LogP) is 3.01. The first-order chi connectivity index (χ1) is 14.5. The molecule has 0 bridgehead atoms. The molecule has 0 saturated carbocycles. The van der Waals surface area contributed by atoms with Crippen molar-refractivity contribution in [3.8, 4) is 11.5 Å². The number of carbonyl (C=O) groups excluding carboxylic acids is 2. The zero-order valence-corrected chi connectivity index (χ0v) is 17.5. The highest BCUT2D eigenvalue weighted by Crippen LogP contribution is 2.45. The Balaban J connectivity index is 1.41.